The lowest BCUT2D eigenvalue weighted by Crippen LogP contribution is -1.76. The van der Waals surface area contributed by atoms with Crippen LogP contribution in [0.25, 0.3) is 0 Å². The second-order valence-corrected chi connectivity index (χ2v) is 4.68. The highest BCUT2D eigenvalue weighted by Crippen LogP contribution is 2.26. The third kappa shape index (κ3) is 4.25. The van der Waals surface area contributed by atoms with E-state index in [2.05, 4.69) is 58.9 Å². The lowest BCUT2D eigenvalue weighted by atomic mass is 10.4. The van der Waals surface area contributed by atoms with E-state index in [1.165, 1.54) is 9.37 Å². The Morgan fingerprint density at radius 2 is 2.08 bits per heavy atom. The molecule has 1 aromatic carbocycles. The molecule has 0 heterocycles. The van der Waals surface area contributed by atoms with Crippen molar-refractivity contribution in [3.63, 3.8) is 0 Å². The van der Waals surface area contributed by atoms with Crippen LogP contribution in [-0.2, 0) is 0 Å². The van der Waals surface area contributed by atoms with Gasteiger partial charge < -0.3 is 0 Å². The zero-order valence-electron chi connectivity index (χ0n) is 7.11. The molecule has 0 bridgehead atoms. The minimum absolute atomic E-state index is 0.816. The van der Waals surface area contributed by atoms with Crippen LogP contribution in [0.2, 0.25) is 0 Å². The molecule has 0 N–H and O–H groups in total. The molecule has 3 heteroatoms. The summed E-state index contributed by atoms with van der Waals surface area (Å²) in [6, 6.07) is 8.25. The van der Waals surface area contributed by atoms with E-state index in [1.54, 1.807) is 0 Å². The van der Waals surface area contributed by atoms with Gasteiger partial charge in [-0.25, -0.2) is 0 Å². The van der Waals surface area contributed by atoms with Crippen LogP contribution in [-0.4, -0.2) is 11.5 Å². The van der Waals surface area contributed by atoms with Gasteiger partial charge in [-0.2, -0.15) is 12.6 Å². The van der Waals surface area contributed by atoms with E-state index in [0.29, 0.717) is 0 Å². The van der Waals surface area contributed by atoms with Gasteiger partial charge in [0, 0.05) is 20.9 Å². The summed E-state index contributed by atoms with van der Waals surface area (Å²) in [5.74, 6) is 1.82. The van der Waals surface area contributed by atoms with E-state index in [0.717, 1.165) is 11.5 Å². The zero-order valence-corrected chi connectivity index (χ0v) is 10.4. The van der Waals surface area contributed by atoms with Gasteiger partial charge in [-0.15, -0.1) is 11.8 Å². The Bertz CT molecular complexity index is 284. The first kappa shape index (κ1) is 11.2. The topological polar surface area (TPSA) is 0 Å². The highest BCUT2D eigenvalue weighted by molar-refractivity contribution is 9.10. The van der Waals surface area contributed by atoms with Crippen LogP contribution in [0, 0.1) is 0 Å². The molecule has 70 valence electrons. The first-order chi connectivity index (χ1) is 6.34. The van der Waals surface area contributed by atoms with Crippen LogP contribution in [0.4, 0.5) is 0 Å². The number of hydrogen-bond acceptors (Lipinski definition) is 2. The summed E-state index contributed by atoms with van der Waals surface area (Å²) in [5.41, 5.74) is 0. The SMILES string of the molecule is SCC=CCSc1ccccc1Br. The van der Waals surface area contributed by atoms with Crippen LogP contribution in [0.5, 0.6) is 0 Å². The van der Waals surface area contributed by atoms with Gasteiger partial charge in [0.1, 0.15) is 0 Å². The largest absolute Gasteiger partial charge is 0.175 e. The molecule has 0 radical (unpaired) electrons. The summed E-state index contributed by atoms with van der Waals surface area (Å²) < 4.78 is 1.17. The predicted octanol–water partition coefficient (Wildman–Crippen LogP) is 4.03. The number of halogens is 1. The second kappa shape index (κ2) is 6.57. The number of thiol groups is 1. The van der Waals surface area contributed by atoms with Crippen molar-refractivity contribution < 1.29 is 0 Å². The van der Waals surface area contributed by atoms with Crippen molar-refractivity contribution in [2.75, 3.05) is 11.5 Å². The Balaban J connectivity index is 2.45. The summed E-state index contributed by atoms with van der Waals surface area (Å²) >= 11 is 9.42. The maximum Gasteiger partial charge on any atom is 0.0311 e. The highest BCUT2D eigenvalue weighted by atomic mass is 79.9. The quantitative estimate of drug-likeness (QED) is 0.492. The van der Waals surface area contributed by atoms with Gasteiger partial charge in [0.05, 0.1) is 0 Å². The molecule has 1 aromatic rings. The Kier molecular flexibility index (Phi) is 5.67. The molecular formula is C10H11BrS2. The third-order valence-electron chi connectivity index (χ3n) is 1.44. The Hall–Kier alpha value is 0.140. The highest BCUT2D eigenvalue weighted by Gasteiger charge is 1.95. The summed E-state index contributed by atoms with van der Waals surface area (Å²) in [4.78, 5) is 1.28. The molecule has 0 spiro atoms. The van der Waals surface area contributed by atoms with E-state index in [4.69, 9.17) is 0 Å². The molecule has 1 rings (SSSR count). The molecule has 0 amide bonds. The average Bonchev–Trinajstić information content (AvgIpc) is 2.15. The summed E-state index contributed by atoms with van der Waals surface area (Å²) in [7, 11) is 0. The fraction of sp³-hybridized carbons (Fsp3) is 0.200. The van der Waals surface area contributed by atoms with Gasteiger partial charge in [-0.1, -0.05) is 24.3 Å². The lowest BCUT2D eigenvalue weighted by Gasteiger charge is -2.00. The van der Waals surface area contributed by atoms with E-state index in [9.17, 15) is 0 Å². The van der Waals surface area contributed by atoms with Gasteiger partial charge in [-0.3, -0.25) is 0 Å². The van der Waals surface area contributed by atoms with Crippen molar-refractivity contribution in [2.24, 2.45) is 0 Å². The van der Waals surface area contributed by atoms with Crippen molar-refractivity contribution in [1.29, 1.82) is 0 Å². The molecule has 0 aromatic heterocycles. The minimum Gasteiger partial charge on any atom is -0.175 e. The molecule has 0 aliphatic rings. The zero-order chi connectivity index (χ0) is 9.52. The van der Waals surface area contributed by atoms with Crippen molar-refractivity contribution in [1.82, 2.24) is 0 Å². The van der Waals surface area contributed by atoms with Crippen LogP contribution >= 0.6 is 40.3 Å². The Labute approximate surface area is 97.3 Å². The number of thioether (sulfide) groups is 1. The Morgan fingerprint density at radius 1 is 1.31 bits per heavy atom. The van der Waals surface area contributed by atoms with Gasteiger partial charge in [0.15, 0.2) is 0 Å². The average molecular weight is 275 g/mol. The minimum atomic E-state index is 0.816. The van der Waals surface area contributed by atoms with Gasteiger partial charge >= 0.3 is 0 Å². The molecule has 0 unspecified atom stereocenters. The standard InChI is InChI=1S/C10H11BrS2/c11-9-5-1-2-6-10(9)13-8-4-3-7-12/h1-6,12H,7-8H2. The van der Waals surface area contributed by atoms with Crippen molar-refractivity contribution in [3.8, 4) is 0 Å². The van der Waals surface area contributed by atoms with Crippen LogP contribution in [0.15, 0.2) is 45.8 Å². The van der Waals surface area contributed by atoms with E-state index >= 15 is 0 Å². The Morgan fingerprint density at radius 3 is 2.77 bits per heavy atom. The maximum absolute atomic E-state index is 4.10. The first-order valence-electron chi connectivity index (χ1n) is 3.98. The van der Waals surface area contributed by atoms with E-state index in [-0.39, 0.29) is 0 Å². The first-order valence-corrected chi connectivity index (χ1v) is 6.39. The van der Waals surface area contributed by atoms with Crippen LogP contribution in [0.3, 0.4) is 0 Å². The van der Waals surface area contributed by atoms with Crippen molar-refractivity contribution >= 4 is 40.3 Å². The fourth-order valence-corrected chi connectivity index (χ4v) is 2.41. The van der Waals surface area contributed by atoms with E-state index in [1.807, 2.05) is 17.8 Å². The van der Waals surface area contributed by atoms with Crippen LogP contribution < -0.4 is 0 Å². The van der Waals surface area contributed by atoms with Crippen LogP contribution in [0.1, 0.15) is 0 Å². The lowest BCUT2D eigenvalue weighted by molar-refractivity contribution is 1.40. The van der Waals surface area contributed by atoms with Gasteiger partial charge in [-0.05, 0) is 28.1 Å². The van der Waals surface area contributed by atoms with E-state index < -0.39 is 0 Å². The van der Waals surface area contributed by atoms with Gasteiger partial charge in [0.25, 0.3) is 0 Å². The molecule has 0 saturated heterocycles. The predicted molar refractivity (Wildman–Crippen MR) is 67.9 cm³/mol. The molecule has 0 aliphatic carbocycles. The summed E-state index contributed by atoms with van der Waals surface area (Å²) in [6.07, 6.45) is 4.20. The third-order valence-corrected chi connectivity index (χ3v) is 3.63. The smallest absolute Gasteiger partial charge is 0.0311 e. The number of hydrogen-bond donors (Lipinski definition) is 1. The normalized spacial score (nSPS) is 10.9. The molecule has 0 saturated carbocycles. The molecule has 0 fully saturated rings. The number of benzene rings is 1. The maximum atomic E-state index is 4.10. The van der Waals surface area contributed by atoms with Gasteiger partial charge in [0.2, 0.25) is 0 Å². The molecule has 0 atom stereocenters. The van der Waals surface area contributed by atoms with Crippen molar-refractivity contribution in [2.45, 2.75) is 4.90 Å². The summed E-state index contributed by atoms with van der Waals surface area (Å²) in [5, 5.41) is 0. The second-order valence-electron chi connectivity index (χ2n) is 2.40. The van der Waals surface area contributed by atoms with Crippen molar-refractivity contribution in [3.05, 3.63) is 40.9 Å². The fourth-order valence-electron chi connectivity index (χ4n) is 0.842. The number of rotatable bonds is 4. The molecule has 0 nitrogen and oxygen atoms in total. The molecule has 13 heavy (non-hydrogen) atoms. The summed E-state index contributed by atoms with van der Waals surface area (Å²) in [6.45, 7) is 0. The molecular weight excluding hydrogens is 264 g/mol. The molecule has 0 aliphatic heterocycles. The monoisotopic (exact) mass is 274 g/mol.